The lowest BCUT2D eigenvalue weighted by molar-refractivity contribution is 0.387. The molecular weight excluding hydrogens is 287 g/mol. The number of nitrogens with one attached hydrogen (secondary N) is 1. The highest BCUT2D eigenvalue weighted by Gasteiger charge is 2.15. The average Bonchev–Trinajstić information content (AvgIpc) is 2.73. The van der Waals surface area contributed by atoms with Gasteiger partial charge in [0, 0.05) is 25.6 Å². The van der Waals surface area contributed by atoms with E-state index >= 15 is 0 Å². The van der Waals surface area contributed by atoms with Gasteiger partial charge in [0.05, 0.1) is 4.90 Å². The average molecular weight is 300 g/mol. The highest BCUT2D eigenvalue weighted by atomic mass is 32.2. The van der Waals surface area contributed by atoms with Crippen molar-refractivity contribution in [2.24, 2.45) is 0 Å². The molecule has 0 bridgehead atoms. The maximum absolute atomic E-state index is 13.1. The fourth-order valence-electron chi connectivity index (χ4n) is 1.56. The predicted octanol–water partition coefficient (Wildman–Crippen LogP) is 0.620. The molecule has 1 aromatic carbocycles. The molecule has 0 aliphatic rings. The maximum Gasteiger partial charge on any atom is 0.240 e. The highest BCUT2D eigenvalue weighted by molar-refractivity contribution is 7.89. The standard InChI is InChI=1S/C11H13FN4O3S/c1-7-15-11(16-19-7)2-3-14-20(17,18)10-5-8(12)4-9(13)6-10/h4-6,14H,2-3,13H2,1H3. The normalized spacial score (nSPS) is 11.7. The number of hydrogen-bond donors (Lipinski definition) is 2. The van der Waals surface area contributed by atoms with Crippen molar-refractivity contribution < 1.29 is 17.3 Å². The Morgan fingerprint density at radius 3 is 2.75 bits per heavy atom. The topological polar surface area (TPSA) is 111 Å². The quantitative estimate of drug-likeness (QED) is 0.783. The summed E-state index contributed by atoms with van der Waals surface area (Å²) < 4.78 is 44.1. The Labute approximate surface area is 115 Å². The van der Waals surface area contributed by atoms with Gasteiger partial charge >= 0.3 is 0 Å². The number of aromatic nitrogens is 2. The van der Waals surface area contributed by atoms with Gasteiger partial charge in [0.1, 0.15) is 5.82 Å². The second-order valence-corrected chi connectivity index (χ2v) is 5.86. The Kier molecular flexibility index (Phi) is 4.00. The number of nitrogen functional groups attached to an aromatic ring is 1. The summed E-state index contributed by atoms with van der Waals surface area (Å²) >= 11 is 0. The number of aryl methyl sites for hydroxylation is 1. The number of sulfonamides is 1. The molecule has 0 atom stereocenters. The molecule has 0 aliphatic heterocycles. The summed E-state index contributed by atoms with van der Waals surface area (Å²) in [5.41, 5.74) is 5.45. The van der Waals surface area contributed by atoms with E-state index in [9.17, 15) is 12.8 Å². The van der Waals surface area contributed by atoms with E-state index in [1.54, 1.807) is 6.92 Å². The van der Waals surface area contributed by atoms with E-state index in [0.717, 1.165) is 12.1 Å². The van der Waals surface area contributed by atoms with Gasteiger partial charge in [0.2, 0.25) is 15.9 Å². The number of nitrogens with zero attached hydrogens (tertiary/aromatic N) is 2. The molecule has 2 aromatic rings. The highest BCUT2D eigenvalue weighted by Crippen LogP contribution is 2.15. The largest absolute Gasteiger partial charge is 0.399 e. The molecule has 1 heterocycles. The Hall–Kier alpha value is -2.00. The summed E-state index contributed by atoms with van der Waals surface area (Å²) in [5.74, 6) is 0.0869. The second-order valence-electron chi connectivity index (χ2n) is 4.10. The molecule has 0 fully saturated rings. The van der Waals surface area contributed by atoms with Crippen LogP contribution in [0, 0.1) is 12.7 Å². The van der Waals surface area contributed by atoms with Gasteiger partial charge in [-0.15, -0.1) is 0 Å². The molecule has 0 saturated heterocycles. The summed E-state index contributed by atoms with van der Waals surface area (Å²) in [5, 5.41) is 3.64. The Bertz CT molecular complexity index is 694. The minimum Gasteiger partial charge on any atom is -0.399 e. The van der Waals surface area contributed by atoms with Crippen LogP contribution in [0.1, 0.15) is 11.7 Å². The van der Waals surface area contributed by atoms with E-state index in [0.29, 0.717) is 11.7 Å². The predicted molar refractivity (Wildman–Crippen MR) is 68.7 cm³/mol. The van der Waals surface area contributed by atoms with E-state index in [2.05, 4.69) is 14.9 Å². The zero-order valence-electron chi connectivity index (χ0n) is 10.6. The van der Waals surface area contributed by atoms with Crippen LogP contribution in [0.3, 0.4) is 0 Å². The molecule has 108 valence electrons. The third kappa shape index (κ3) is 3.52. The van der Waals surface area contributed by atoms with Crippen molar-refractivity contribution in [3.8, 4) is 0 Å². The van der Waals surface area contributed by atoms with Crippen molar-refractivity contribution >= 4 is 15.7 Å². The van der Waals surface area contributed by atoms with Gasteiger partial charge in [-0.3, -0.25) is 0 Å². The summed E-state index contributed by atoms with van der Waals surface area (Å²) in [6.07, 6.45) is 0.265. The molecule has 1 aromatic heterocycles. The molecule has 0 unspecified atom stereocenters. The third-order valence-corrected chi connectivity index (χ3v) is 3.85. The molecule has 0 aliphatic carbocycles. The maximum atomic E-state index is 13.1. The van der Waals surface area contributed by atoms with Gasteiger partial charge in [-0.2, -0.15) is 4.98 Å². The first-order valence-electron chi connectivity index (χ1n) is 5.72. The monoisotopic (exact) mass is 300 g/mol. The van der Waals surface area contributed by atoms with E-state index < -0.39 is 15.8 Å². The first-order valence-corrected chi connectivity index (χ1v) is 7.20. The third-order valence-electron chi connectivity index (χ3n) is 2.41. The van der Waals surface area contributed by atoms with Gasteiger partial charge in [-0.1, -0.05) is 5.16 Å². The molecule has 0 radical (unpaired) electrons. The van der Waals surface area contributed by atoms with Crippen LogP contribution < -0.4 is 10.5 Å². The molecule has 0 amide bonds. The van der Waals surface area contributed by atoms with Crippen LogP contribution in [0.25, 0.3) is 0 Å². The van der Waals surface area contributed by atoms with Crippen LogP contribution in [0.2, 0.25) is 0 Å². The van der Waals surface area contributed by atoms with Crippen LogP contribution in [0.5, 0.6) is 0 Å². The van der Waals surface area contributed by atoms with Crippen molar-refractivity contribution in [3.63, 3.8) is 0 Å². The van der Waals surface area contributed by atoms with Gasteiger partial charge in [-0.05, 0) is 18.2 Å². The van der Waals surface area contributed by atoms with Crippen molar-refractivity contribution in [2.75, 3.05) is 12.3 Å². The number of hydrogen-bond acceptors (Lipinski definition) is 6. The SMILES string of the molecule is Cc1nc(CCNS(=O)(=O)c2cc(N)cc(F)c2)no1. The van der Waals surface area contributed by atoms with Gasteiger partial charge in [-0.25, -0.2) is 17.5 Å². The molecule has 2 rings (SSSR count). The van der Waals surface area contributed by atoms with E-state index in [4.69, 9.17) is 10.3 Å². The van der Waals surface area contributed by atoms with Gasteiger partial charge < -0.3 is 10.3 Å². The summed E-state index contributed by atoms with van der Waals surface area (Å²) in [4.78, 5) is 3.72. The molecule has 9 heteroatoms. The summed E-state index contributed by atoms with van der Waals surface area (Å²) in [6.45, 7) is 1.70. The Balaban J connectivity index is 2.03. The van der Waals surface area contributed by atoms with Crippen molar-refractivity contribution in [2.45, 2.75) is 18.2 Å². The second kappa shape index (κ2) is 5.55. The minimum absolute atomic E-state index is 0.0409. The van der Waals surface area contributed by atoms with Crippen LogP contribution in [-0.4, -0.2) is 25.1 Å². The first kappa shape index (κ1) is 14.4. The first-order chi connectivity index (χ1) is 9.37. The molecular formula is C11H13FN4O3S. The number of rotatable bonds is 5. The van der Waals surface area contributed by atoms with E-state index in [1.165, 1.54) is 6.07 Å². The zero-order valence-corrected chi connectivity index (χ0v) is 11.4. The molecule has 7 nitrogen and oxygen atoms in total. The minimum atomic E-state index is -3.82. The lowest BCUT2D eigenvalue weighted by Gasteiger charge is -2.06. The summed E-state index contributed by atoms with van der Waals surface area (Å²) in [6, 6.07) is 3.13. The van der Waals surface area contributed by atoms with Crippen LogP contribution >= 0.6 is 0 Å². The Morgan fingerprint density at radius 1 is 1.40 bits per heavy atom. The van der Waals surface area contributed by atoms with E-state index in [1.807, 2.05) is 0 Å². The molecule has 0 saturated carbocycles. The van der Waals surface area contributed by atoms with Crippen molar-refractivity contribution in [1.29, 1.82) is 0 Å². The fraction of sp³-hybridized carbons (Fsp3) is 0.273. The van der Waals surface area contributed by atoms with Crippen LogP contribution in [-0.2, 0) is 16.4 Å². The molecule has 0 spiro atoms. The van der Waals surface area contributed by atoms with E-state index in [-0.39, 0.29) is 23.5 Å². The van der Waals surface area contributed by atoms with Gasteiger partial charge in [0.25, 0.3) is 0 Å². The summed E-state index contributed by atoms with van der Waals surface area (Å²) in [7, 11) is -3.82. The number of anilines is 1. The number of halogens is 1. The lowest BCUT2D eigenvalue weighted by atomic mass is 10.3. The van der Waals surface area contributed by atoms with Crippen LogP contribution in [0.4, 0.5) is 10.1 Å². The van der Waals surface area contributed by atoms with Crippen LogP contribution in [0.15, 0.2) is 27.6 Å². The Morgan fingerprint density at radius 2 is 2.15 bits per heavy atom. The number of nitrogens with two attached hydrogens (primary N) is 1. The molecule has 20 heavy (non-hydrogen) atoms. The molecule has 3 N–H and O–H groups in total. The van der Waals surface area contributed by atoms with Crippen molar-refractivity contribution in [3.05, 3.63) is 35.7 Å². The van der Waals surface area contributed by atoms with Crippen molar-refractivity contribution in [1.82, 2.24) is 14.9 Å². The lowest BCUT2D eigenvalue weighted by Crippen LogP contribution is -2.26. The van der Waals surface area contributed by atoms with Gasteiger partial charge in [0.15, 0.2) is 5.82 Å². The fourth-order valence-corrected chi connectivity index (χ4v) is 2.66. The number of benzene rings is 1. The smallest absolute Gasteiger partial charge is 0.240 e. The zero-order chi connectivity index (χ0) is 14.8.